The molecule has 0 aliphatic rings. The summed E-state index contributed by atoms with van der Waals surface area (Å²) in [7, 11) is 0. The van der Waals surface area contributed by atoms with Gasteiger partial charge in [0.1, 0.15) is 5.82 Å². The molecule has 0 aliphatic heterocycles. The summed E-state index contributed by atoms with van der Waals surface area (Å²) in [4.78, 5) is 0. The van der Waals surface area contributed by atoms with Crippen LogP contribution in [0.3, 0.4) is 0 Å². The van der Waals surface area contributed by atoms with Crippen LogP contribution in [0.2, 0.25) is 5.02 Å². The fourth-order valence-corrected chi connectivity index (χ4v) is 2.35. The van der Waals surface area contributed by atoms with E-state index in [1.807, 2.05) is 0 Å². The third kappa shape index (κ3) is 4.41. The number of rotatable bonds is 5. The van der Waals surface area contributed by atoms with Gasteiger partial charge in [0.15, 0.2) is 0 Å². The van der Waals surface area contributed by atoms with Gasteiger partial charge in [0.25, 0.3) is 0 Å². The molecule has 0 radical (unpaired) electrons. The first-order valence-electron chi connectivity index (χ1n) is 4.85. The molecular formula is C11H15ClFNS. The Labute approximate surface area is 99.2 Å². The van der Waals surface area contributed by atoms with Crippen LogP contribution in [0.15, 0.2) is 18.2 Å². The predicted octanol–water partition coefficient (Wildman–Crippen LogP) is 3.31. The summed E-state index contributed by atoms with van der Waals surface area (Å²) in [6.07, 6.45) is 0. The average Bonchev–Trinajstić information content (AvgIpc) is 2.23. The minimum absolute atomic E-state index is 0.194. The second kappa shape index (κ2) is 6.36. The first-order chi connectivity index (χ1) is 7.13. The Hall–Kier alpha value is -0.250. The number of halogens is 2. The Morgan fingerprint density at radius 1 is 1.53 bits per heavy atom. The van der Waals surface area contributed by atoms with Gasteiger partial charge in [-0.1, -0.05) is 24.6 Å². The lowest BCUT2D eigenvalue weighted by molar-refractivity contribution is 0.628. The third-order valence-corrected chi connectivity index (χ3v) is 3.69. The van der Waals surface area contributed by atoms with Gasteiger partial charge in [-0.2, -0.15) is 11.8 Å². The van der Waals surface area contributed by atoms with Crippen LogP contribution in [0.25, 0.3) is 0 Å². The minimum Gasteiger partial charge on any atom is -0.330 e. The standard InChI is InChI=1S/C11H15ClFNS/c1-8(5-14)6-15-7-9-2-3-11(13)10(12)4-9/h2-4,8H,5-7,14H2,1H3. The van der Waals surface area contributed by atoms with E-state index >= 15 is 0 Å². The first-order valence-corrected chi connectivity index (χ1v) is 6.38. The van der Waals surface area contributed by atoms with E-state index in [1.165, 1.54) is 6.07 Å². The van der Waals surface area contributed by atoms with Gasteiger partial charge in [-0.25, -0.2) is 4.39 Å². The Morgan fingerprint density at radius 3 is 2.87 bits per heavy atom. The van der Waals surface area contributed by atoms with E-state index in [1.54, 1.807) is 23.9 Å². The van der Waals surface area contributed by atoms with E-state index in [0.29, 0.717) is 12.5 Å². The molecule has 0 amide bonds. The van der Waals surface area contributed by atoms with Crippen molar-refractivity contribution in [2.75, 3.05) is 12.3 Å². The molecule has 1 aromatic carbocycles. The highest BCUT2D eigenvalue weighted by atomic mass is 35.5. The summed E-state index contributed by atoms with van der Waals surface area (Å²) in [5.41, 5.74) is 6.56. The quantitative estimate of drug-likeness (QED) is 0.864. The maximum atomic E-state index is 12.8. The van der Waals surface area contributed by atoms with Crippen molar-refractivity contribution in [1.82, 2.24) is 0 Å². The molecule has 84 valence electrons. The van der Waals surface area contributed by atoms with Gasteiger partial charge < -0.3 is 5.73 Å². The van der Waals surface area contributed by atoms with E-state index in [-0.39, 0.29) is 10.8 Å². The molecule has 4 heteroatoms. The van der Waals surface area contributed by atoms with Crippen LogP contribution in [0.5, 0.6) is 0 Å². The molecule has 1 aromatic rings. The van der Waals surface area contributed by atoms with Crippen molar-refractivity contribution in [2.45, 2.75) is 12.7 Å². The van der Waals surface area contributed by atoms with E-state index in [9.17, 15) is 4.39 Å². The van der Waals surface area contributed by atoms with Gasteiger partial charge in [-0.05, 0) is 35.9 Å². The van der Waals surface area contributed by atoms with Crippen molar-refractivity contribution in [1.29, 1.82) is 0 Å². The van der Waals surface area contributed by atoms with Crippen molar-refractivity contribution >= 4 is 23.4 Å². The molecule has 0 aliphatic carbocycles. The molecule has 1 nitrogen and oxygen atoms in total. The molecule has 0 saturated carbocycles. The average molecular weight is 248 g/mol. The fourth-order valence-electron chi connectivity index (χ4n) is 1.08. The topological polar surface area (TPSA) is 26.0 Å². The van der Waals surface area contributed by atoms with Crippen LogP contribution in [-0.2, 0) is 5.75 Å². The van der Waals surface area contributed by atoms with Crippen LogP contribution < -0.4 is 5.73 Å². The van der Waals surface area contributed by atoms with Gasteiger partial charge in [-0.15, -0.1) is 0 Å². The molecule has 1 atom stereocenters. The summed E-state index contributed by atoms with van der Waals surface area (Å²) in [5, 5.41) is 0.194. The van der Waals surface area contributed by atoms with E-state index in [4.69, 9.17) is 17.3 Å². The van der Waals surface area contributed by atoms with Crippen molar-refractivity contribution < 1.29 is 4.39 Å². The largest absolute Gasteiger partial charge is 0.330 e. The molecule has 0 saturated heterocycles. The number of thioether (sulfide) groups is 1. The highest BCUT2D eigenvalue weighted by Crippen LogP contribution is 2.20. The summed E-state index contributed by atoms with van der Waals surface area (Å²) < 4.78 is 12.8. The van der Waals surface area contributed by atoms with Crippen molar-refractivity contribution in [3.8, 4) is 0 Å². The molecule has 1 rings (SSSR count). The Balaban J connectivity index is 2.41. The molecule has 15 heavy (non-hydrogen) atoms. The minimum atomic E-state index is -0.360. The molecule has 0 aromatic heterocycles. The normalized spacial score (nSPS) is 12.8. The summed E-state index contributed by atoms with van der Waals surface area (Å²) in [5.74, 6) is 2.03. The molecule has 0 bridgehead atoms. The van der Waals surface area contributed by atoms with Gasteiger partial charge in [-0.3, -0.25) is 0 Å². The zero-order valence-electron chi connectivity index (χ0n) is 8.67. The molecule has 0 spiro atoms. The lowest BCUT2D eigenvalue weighted by Gasteiger charge is -2.07. The highest BCUT2D eigenvalue weighted by molar-refractivity contribution is 7.98. The lowest BCUT2D eigenvalue weighted by atomic mass is 10.2. The van der Waals surface area contributed by atoms with E-state index in [0.717, 1.165) is 17.1 Å². The fraction of sp³-hybridized carbons (Fsp3) is 0.455. The van der Waals surface area contributed by atoms with Crippen LogP contribution in [0, 0.1) is 11.7 Å². The summed E-state index contributed by atoms with van der Waals surface area (Å²) in [6.45, 7) is 2.82. The smallest absolute Gasteiger partial charge is 0.141 e. The van der Waals surface area contributed by atoms with Crippen LogP contribution >= 0.6 is 23.4 Å². The van der Waals surface area contributed by atoms with E-state index < -0.39 is 0 Å². The van der Waals surface area contributed by atoms with Gasteiger partial charge in [0.2, 0.25) is 0 Å². The number of nitrogens with two attached hydrogens (primary N) is 1. The molecule has 2 N–H and O–H groups in total. The SMILES string of the molecule is CC(CN)CSCc1ccc(F)c(Cl)c1. The van der Waals surface area contributed by atoms with Gasteiger partial charge in [0.05, 0.1) is 5.02 Å². The molecule has 0 fully saturated rings. The van der Waals surface area contributed by atoms with E-state index in [2.05, 4.69) is 6.92 Å². The first kappa shape index (κ1) is 12.8. The Bertz CT molecular complexity index is 319. The highest BCUT2D eigenvalue weighted by Gasteiger charge is 2.02. The van der Waals surface area contributed by atoms with Gasteiger partial charge >= 0.3 is 0 Å². The zero-order chi connectivity index (χ0) is 11.3. The lowest BCUT2D eigenvalue weighted by Crippen LogP contribution is -2.12. The van der Waals surface area contributed by atoms with Gasteiger partial charge in [0, 0.05) is 5.75 Å². The summed E-state index contributed by atoms with van der Waals surface area (Å²) >= 11 is 7.47. The van der Waals surface area contributed by atoms with Crippen molar-refractivity contribution in [2.24, 2.45) is 11.7 Å². The molecule has 1 unspecified atom stereocenters. The summed E-state index contributed by atoms with van der Waals surface area (Å²) in [6, 6.07) is 4.85. The van der Waals surface area contributed by atoms with Crippen molar-refractivity contribution in [3.63, 3.8) is 0 Å². The molecular weight excluding hydrogens is 233 g/mol. The Kier molecular flexibility index (Phi) is 5.43. The zero-order valence-corrected chi connectivity index (χ0v) is 10.2. The molecule has 0 heterocycles. The predicted molar refractivity (Wildman–Crippen MR) is 65.8 cm³/mol. The van der Waals surface area contributed by atoms with Crippen LogP contribution in [0.4, 0.5) is 4.39 Å². The van der Waals surface area contributed by atoms with Crippen LogP contribution in [0.1, 0.15) is 12.5 Å². The Morgan fingerprint density at radius 2 is 2.27 bits per heavy atom. The number of hydrogen-bond donors (Lipinski definition) is 1. The maximum absolute atomic E-state index is 12.8. The monoisotopic (exact) mass is 247 g/mol. The maximum Gasteiger partial charge on any atom is 0.141 e. The second-order valence-electron chi connectivity index (χ2n) is 3.60. The van der Waals surface area contributed by atoms with Crippen molar-refractivity contribution in [3.05, 3.63) is 34.6 Å². The number of benzene rings is 1. The second-order valence-corrected chi connectivity index (χ2v) is 5.04. The number of hydrogen-bond acceptors (Lipinski definition) is 2. The third-order valence-electron chi connectivity index (χ3n) is 2.06. The van der Waals surface area contributed by atoms with Crippen LogP contribution in [-0.4, -0.2) is 12.3 Å².